The van der Waals surface area contributed by atoms with Gasteiger partial charge >= 0.3 is 0 Å². The average molecular weight is 379 g/mol. The Kier molecular flexibility index (Phi) is 4.78. The van der Waals surface area contributed by atoms with Crippen molar-refractivity contribution in [2.75, 3.05) is 5.32 Å². The number of nitrogens with one attached hydrogen (secondary N) is 1. The van der Waals surface area contributed by atoms with E-state index in [4.69, 9.17) is 0 Å². The molecule has 0 spiro atoms. The minimum absolute atomic E-state index is 0.00504. The number of fused-ring (bicyclic) bond motifs is 1. The molecule has 5 nitrogen and oxygen atoms in total. The molecule has 0 bridgehead atoms. The fraction of sp³-hybridized carbons (Fsp3) is 0.600. The molecule has 3 rings (SSSR count). The minimum Gasteiger partial charge on any atom is -0.386 e. The monoisotopic (exact) mass is 379 g/mol. The van der Waals surface area contributed by atoms with Crippen LogP contribution in [0.25, 0.3) is 11.0 Å². The van der Waals surface area contributed by atoms with Gasteiger partial charge in [-0.25, -0.2) is 13.8 Å². The predicted octanol–water partition coefficient (Wildman–Crippen LogP) is 4.64. The molecule has 1 aliphatic rings. The van der Waals surface area contributed by atoms with Gasteiger partial charge in [0.15, 0.2) is 5.82 Å². The fourth-order valence-electron chi connectivity index (χ4n) is 3.48. The number of aliphatic hydroxyl groups is 1. The summed E-state index contributed by atoms with van der Waals surface area (Å²) in [4.78, 5) is 16.7. The van der Waals surface area contributed by atoms with E-state index in [-0.39, 0.29) is 46.3 Å². The molecule has 0 aliphatic heterocycles. The molecule has 1 fully saturated rings. The first kappa shape index (κ1) is 19.7. The lowest BCUT2D eigenvalue weighted by molar-refractivity contribution is -0.117. The number of nitrogens with zero attached hydrogens (tertiary/aromatic N) is 2. The van der Waals surface area contributed by atoms with Crippen molar-refractivity contribution in [3.8, 4) is 0 Å². The maximum absolute atomic E-state index is 15.3. The van der Waals surface area contributed by atoms with Crippen LogP contribution in [-0.4, -0.2) is 20.6 Å². The van der Waals surface area contributed by atoms with E-state index in [0.717, 1.165) is 25.3 Å². The van der Waals surface area contributed by atoms with E-state index in [9.17, 15) is 14.3 Å². The summed E-state index contributed by atoms with van der Waals surface area (Å²) in [6, 6.07) is 1.12. The Hall–Kier alpha value is -2.02. The van der Waals surface area contributed by atoms with E-state index >= 15 is 4.39 Å². The van der Waals surface area contributed by atoms with Crippen molar-refractivity contribution in [2.45, 2.75) is 71.9 Å². The summed E-state index contributed by atoms with van der Waals surface area (Å²) in [5.74, 6) is -1.66. The summed E-state index contributed by atoms with van der Waals surface area (Å²) in [6.45, 7) is 8.54. The van der Waals surface area contributed by atoms with Crippen molar-refractivity contribution >= 4 is 22.9 Å². The number of anilines is 1. The van der Waals surface area contributed by atoms with Crippen molar-refractivity contribution in [1.82, 2.24) is 9.55 Å². The average Bonchev–Trinajstić information content (AvgIpc) is 2.70. The minimum atomic E-state index is -1.67. The fourth-order valence-corrected chi connectivity index (χ4v) is 3.48. The molecular formula is C20H27F2N3O2. The zero-order chi connectivity index (χ0) is 20.1. The normalized spacial score (nSPS) is 15.9. The Morgan fingerprint density at radius 3 is 2.41 bits per heavy atom. The number of halogens is 2. The third-order valence-corrected chi connectivity index (χ3v) is 4.86. The molecule has 0 saturated heterocycles. The van der Waals surface area contributed by atoms with Crippen LogP contribution in [0.1, 0.15) is 71.9 Å². The summed E-state index contributed by atoms with van der Waals surface area (Å²) >= 11 is 0. The van der Waals surface area contributed by atoms with Crippen LogP contribution >= 0.6 is 0 Å². The van der Waals surface area contributed by atoms with Crippen molar-refractivity contribution < 1.29 is 18.7 Å². The molecule has 1 saturated carbocycles. The standard InChI is InChI=1S/C20H27F2N3O2/c1-19(2,3)10-14(26)24-18-23-13-9-12(21)15(20(4,5)27)16(22)17(13)25(18)11-7-6-8-11/h9,11,27H,6-8,10H2,1-5H3,(H,23,24,26). The lowest BCUT2D eigenvalue weighted by atomic mass is 9.91. The van der Waals surface area contributed by atoms with Gasteiger partial charge in [-0.1, -0.05) is 20.8 Å². The molecule has 2 N–H and O–H groups in total. The van der Waals surface area contributed by atoms with Crippen LogP contribution in [0, 0.1) is 17.0 Å². The summed E-state index contributed by atoms with van der Waals surface area (Å²) in [6.07, 6.45) is 2.96. The number of hydrogen-bond acceptors (Lipinski definition) is 3. The zero-order valence-corrected chi connectivity index (χ0v) is 16.5. The second-order valence-corrected chi connectivity index (χ2v) is 9.15. The van der Waals surface area contributed by atoms with E-state index in [2.05, 4.69) is 10.3 Å². The number of carbonyl (C=O) groups is 1. The molecule has 27 heavy (non-hydrogen) atoms. The third-order valence-electron chi connectivity index (χ3n) is 4.86. The highest BCUT2D eigenvalue weighted by Gasteiger charge is 2.33. The van der Waals surface area contributed by atoms with Gasteiger partial charge in [0.05, 0.1) is 16.7 Å². The molecule has 0 unspecified atom stereocenters. The Labute approximate surface area is 157 Å². The Bertz CT molecular complexity index is 887. The lowest BCUT2D eigenvalue weighted by Crippen LogP contribution is -2.25. The molecule has 0 atom stereocenters. The van der Waals surface area contributed by atoms with E-state index in [1.54, 1.807) is 4.57 Å². The maximum atomic E-state index is 15.3. The van der Waals surface area contributed by atoms with Gasteiger partial charge in [0.2, 0.25) is 11.9 Å². The first-order valence-corrected chi connectivity index (χ1v) is 9.31. The van der Waals surface area contributed by atoms with Gasteiger partial charge in [0.25, 0.3) is 0 Å². The van der Waals surface area contributed by atoms with Crippen LogP contribution in [-0.2, 0) is 10.4 Å². The van der Waals surface area contributed by atoms with Crippen molar-refractivity contribution in [3.05, 3.63) is 23.3 Å². The van der Waals surface area contributed by atoms with Gasteiger partial charge < -0.3 is 9.67 Å². The highest BCUT2D eigenvalue weighted by molar-refractivity contribution is 5.92. The number of aromatic nitrogens is 2. The summed E-state index contributed by atoms with van der Waals surface area (Å²) in [5, 5.41) is 13.0. The van der Waals surface area contributed by atoms with Gasteiger partial charge in [-0.05, 0) is 38.5 Å². The maximum Gasteiger partial charge on any atom is 0.227 e. The number of rotatable bonds is 4. The van der Waals surface area contributed by atoms with Crippen LogP contribution < -0.4 is 5.32 Å². The largest absolute Gasteiger partial charge is 0.386 e. The molecule has 0 radical (unpaired) electrons. The van der Waals surface area contributed by atoms with Crippen LogP contribution in [0.5, 0.6) is 0 Å². The Morgan fingerprint density at radius 2 is 1.93 bits per heavy atom. The van der Waals surface area contributed by atoms with Crippen LogP contribution in [0.15, 0.2) is 6.07 Å². The summed E-state index contributed by atoms with van der Waals surface area (Å²) < 4.78 is 31.4. The van der Waals surface area contributed by atoms with Gasteiger partial charge in [0, 0.05) is 18.5 Å². The van der Waals surface area contributed by atoms with Gasteiger partial charge in [-0.15, -0.1) is 0 Å². The second-order valence-electron chi connectivity index (χ2n) is 9.15. The van der Waals surface area contributed by atoms with E-state index < -0.39 is 17.2 Å². The number of carbonyl (C=O) groups excluding carboxylic acids is 1. The highest BCUT2D eigenvalue weighted by Crippen LogP contribution is 2.40. The molecule has 1 heterocycles. The van der Waals surface area contributed by atoms with Crippen molar-refractivity contribution in [3.63, 3.8) is 0 Å². The second kappa shape index (κ2) is 6.55. The predicted molar refractivity (Wildman–Crippen MR) is 100 cm³/mol. The number of imidazole rings is 1. The molecule has 1 amide bonds. The van der Waals surface area contributed by atoms with Gasteiger partial charge in [0.1, 0.15) is 11.3 Å². The molecule has 7 heteroatoms. The van der Waals surface area contributed by atoms with Crippen LogP contribution in [0.3, 0.4) is 0 Å². The Morgan fingerprint density at radius 1 is 1.30 bits per heavy atom. The molecular weight excluding hydrogens is 352 g/mol. The van der Waals surface area contributed by atoms with E-state index in [1.807, 2.05) is 20.8 Å². The quantitative estimate of drug-likeness (QED) is 0.813. The SMILES string of the molecule is CC(C)(C)CC(=O)Nc1nc2cc(F)c(C(C)(C)O)c(F)c2n1C1CCC1. The smallest absolute Gasteiger partial charge is 0.227 e. The lowest BCUT2D eigenvalue weighted by Gasteiger charge is -2.30. The molecule has 1 aromatic carbocycles. The number of hydrogen-bond donors (Lipinski definition) is 2. The molecule has 148 valence electrons. The van der Waals surface area contributed by atoms with Gasteiger partial charge in [-0.2, -0.15) is 0 Å². The first-order valence-electron chi connectivity index (χ1n) is 9.31. The van der Waals surface area contributed by atoms with Crippen molar-refractivity contribution in [2.24, 2.45) is 5.41 Å². The summed E-state index contributed by atoms with van der Waals surface area (Å²) in [5.41, 5.74) is -2.00. The number of benzene rings is 1. The molecule has 1 aliphatic carbocycles. The topological polar surface area (TPSA) is 67.2 Å². The number of amides is 1. The van der Waals surface area contributed by atoms with Crippen LogP contribution in [0.4, 0.5) is 14.7 Å². The van der Waals surface area contributed by atoms with Crippen LogP contribution in [0.2, 0.25) is 0 Å². The first-order chi connectivity index (χ1) is 12.4. The van der Waals surface area contributed by atoms with E-state index in [1.165, 1.54) is 13.8 Å². The highest BCUT2D eigenvalue weighted by atomic mass is 19.1. The molecule has 1 aromatic heterocycles. The summed E-state index contributed by atoms with van der Waals surface area (Å²) in [7, 11) is 0. The third kappa shape index (κ3) is 3.83. The zero-order valence-electron chi connectivity index (χ0n) is 16.5. The van der Waals surface area contributed by atoms with E-state index in [0.29, 0.717) is 0 Å². The Balaban J connectivity index is 2.15. The van der Waals surface area contributed by atoms with Crippen molar-refractivity contribution in [1.29, 1.82) is 0 Å². The van der Waals surface area contributed by atoms with Gasteiger partial charge in [-0.3, -0.25) is 10.1 Å². The molecule has 2 aromatic rings.